The molecule has 5 rings (SSSR count). The van der Waals surface area contributed by atoms with Gasteiger partial charge in [0.15, 0.2) is 11.5 Å². The minimum absolute atomic E-state index is 0.0498. The number of carbonyl (C=O) groups excluding carboxylic acids is 2. The van der Waals surface area contributed by atoms with Gasteiger partial charge in [-0.15, -0.1) is 0 Å². The highest BCUT2D eigenvalue weighted by Gasteiger charge is 2.45. The van der Waals surface area contributed by atoms with Gasteiger partial charge in [-0.1, -0.05) is 12.8 Å². The molecule has 2 aliphatic heterocycles. The standard InChI is InChI=1S/C22H29N3O4/c1-14-16-10-18-19(29-9-8-28-18)11-17(16)22(6-2-3-7-22)13-25(14)12-20(26)24-21(27)23-15-4-5-15/h10-11,14-15H,2-9,12-13H2,1H3,(H2,23,24,26,27)/t14-/m0/s1. The molecule has 1 aromatic rings. The van der Waals surface area contributed by atoms with E-state index in [0.717, 1.165) is 43.7 Å². The molecule has 156 valence electrons. The maximum atomic E-state index is 12.6. The number of benzene rings is 1. The molecule has 0 radical (unpaired) electrons. The summed E-state index contributed by atoms with van der Waals surface area (Å²) in [6.45, 7) is 4.33. The van der Waals surface area contributed by atoms with E-state index in [4.69, 9.17) is 9.47 Å². The Hall–Kier alpha value is -2.28. The number of fused-ring (bicyclic) bond motifs is 3. The SMILES string of the molecule is C[C@H]1c2cc3c(cc2C2(CCCC2)CN1CC(=O)NC(=O)NC1CC1)OCCO3. The van der Waals surface area contributed by atoms with E-state index >= 15 is 0 Å². The van der Waals surface area contributed by atoms with Gasteiger partial charge < -0.3 is 14.8 Å². The third-order valence-electron chi connectivity index (χ3n) is 6.86. The van der Waals surface area contributed by atoms with Crippen LogP contribution in [0.25, 0.3) is 0 Å². The first-order valence-electron chi connectivity index (χ1n) is 10.8. The van der Waals surface area contributed by atoms with Crippen molar-refractivity contribution in [3.05, 3.63) is 23.3 Å². The van der Waals surface area contributed by atoms with Crippen molar-refractivity contribution in [2.45, 2.75) is 62.9 Å². The lowest BCUT2D eigenvalue weighted by Gasteiger charge is -2.46. The summed E-state index contributed by atoms with van der Waals surface area (Å²) in [6.07, 6.45) is 6.64. The molecule has 4 aliphatic rings. The minimum atomic E-state index is -0.377. The quantitative estimate of drug-likeness (QED) is 0.817. The minimum Gasteiger partial charge on any atom is -0.486 e. The second-order valence-electron chi connectivity index (χ2n) is 8.95. The van der Waals surface area contributed by atoms with Crippen LogP contribution in [0, 0.1) is 0 Å². The maximum Gasteiger partial charge on any atom is 0.321 e. The largest absolute Gasteiger partial charge is 0.486 e. The summed E-state index contributed by atoms with van der Waals surface area (Å²) in [6, 6.07) is 4.23. The molecule has 2 heterocycles. The Bertz CT molecular complexity index is 830. The zero-order valence-electron chi connectivity index (χ0n) is 17.0. The molecule has 1 aromatic carbocycles. The van der Waals surface area contributed by atoms with Gasteiger partial charge in [0.25, 0.3) is 0 Å². The van der Waals surface area contributed by atoms with Crippen LogP contribution in [0.1, 0.15) is 62.6 Å². The van der Waals surface area contributed by atoms with Crippen molar-refractivity contribution in [3.8, 4) is 11.5 Å². The lowest BCUT2D eigenvalue weighted by atomic mass is 9.71. The predicted octanol–water partition coefficient (Wildman–Crippen LogP) is 2.63. The van der Waals surface area contributed by atoms with Gasteiger partial charge in [0.05, 0.1) is 6.54 Å². The molecule has 0 aromatic heterocycles. The van der Waals surface area contributed by atoms with Crippen molar-refractivity contribution in [2.24, 2.45) is 0 Å². The average molecular weight is 399 g/mol. The fourth-order valence-corrected chi connectivity index (χ4v) is 5.19. The highest BCUT2D eigenvalue weighted by Crippen LogP contribution is 2.51. The summed E-state index contributed by atoms with van der Waals surface area (Å²) >= 11 is 0. The molecule has 29 heavy (non-hydrogen) atoms. The fraction of sp³-hybridized carbons (Fsp3) is 0.636. The highest BCUT2D eigenvalue weighted by atomic mass is 16.6. The van der Waals surface area contributed by atoms with E-state index < -0.39 is 0 Å². The third kappa shape index (κ3) is 3.56. The van der Waals surface area contributed by atoms with Crippen LogP contribution in [0.4, 0.5) is 4.79 Å². The second kappa shape index (κ2) is 7.20. The molecule has 7 nitrogen and oxygen atoms in total. The lowest BCUT2D eigenvalue weighted by Crippen LogP contribution is -2.51. The molecule has 2 fully saturated rings. The van der Waals surface area contributed by atoms with Crippen LogP contribution in [0.15, 0.2) is 12.1 Å². The Kier molecular flexibility index (Phi) is 4.65. The van der Waals surface area contributed by atoms with E-state index in [9.17, 15) is 9.59 Å². The van der Waals surface area contributed by atoms with Gasteiger partial charge in [-0.25, -0.2) is 4.79 Å². The monoisotopic (exact) mass is 399 g/mol. The molecule has 1 spiro atoms. The smallest absolute Gasteiger partial charge is 0.321 e. The van der Waals surface area contributed by atoms with Crippen LogP contribution < -0.4 is 20.1 Å². The van der Waals surface area contributed by atoms with Gasteiger partial charge in [-0.3, -0.25) is 15.0 Å². The Morgan fingerprint density at radius 3 is 2.52 bits per heavy atom. The van der Waals surface area contributed by atoms with E-state index in [-0.39, 0.29) is 36.0 Å². The molecule has 2 aliphatic carbocycles. The average Bonchev–Trinajstić information content (AvgIpc) is 3.39. The molecule has 2 N–H and O–H groups in total. The van der Waals surface area contributed by atoms with Crippen LogP contribution in [-0.2, 0) is 10.2 Å². The molecule has 7 heteroatoms. The van der Waals surface area contributed by atoms with E-state index in [2.05, 4.69) is 34.6 Å². The second-order valence-corrected chi connectivity index (χ2v) is 8.95. The number of nitrogens with one attached hydrogen (secondary N) is 2. The van der Waals surface area contributed by atoms with Gasteiger partial charge in [0.2, 0.25) is 5.91 Å². The summed E-state index contributed by atoms with van der Waals surface area (Å²) in [5.74, 6) is 1.39. The molecule has 0 saturated heterocycles. The Morgan fingerprint density at radius 2 is 1.83 bits per heavy atom. The third-order valence-corrected chi connectivity index (χ3v) is 6.86. The fourth-order valence-electron chi connectivity index (χ4n) is 5.19. The van der Waals surface area contributed by atoms with Gasteiger partial charge in [-0.2, -0.15) is 0 Å². The van der Waals surface area contributed by atoms with Gasteiger partial charge in [0.1, 0.15) is 13.2 Å². The number of carbonyl (C=O) groups is 2. The maximum absolute atomic E-state index is 12.6. The van der Waals surface area contributed by atoms with Crippen molar-refractivity contribution in [1.82, 2.24) is 15.5 Å². The van der Waals surface area contributed by atoms with Crippen molar-refractivity contribution in [3.63, 3.8) is 0 Å². The first-order valence-corrected chi connectivity index (χ1v) is 10.8. The van der Waals surface area contributed by atoms with Crippen LogP contribution in [0.3, 0.4) is 0 Å². The molecule has 0 unspecified atom stereocenters. The number of hydrogen-bond acceptors (Lipinski definition) is 5. The van der Waals surface area contributed by atoms with Crippen molar-refractivity contribution < 1.29 is 19.1 Å². The number of urea groups is 1. The zero-order valence-corrected chi connectivity index (χ0v) is 17.0. The first kappa shape index (κ1) is 18.7. The van der Waals surface area contributed by atoms with E-state index in [1.54, 1.807) is 0 Å². The molecule has 1 atom stereocenters. The number of amides is 3. The number of ether oxygens (including phenoxy) is 2. The summed E-state index contributed by atoms with van der Waals surface area (Å²) in [5, 5.41) is 5.31. The Morgan fingerprint density at radius 1 is 1.14 bits per heavy atom. The Labute approximate surface area is 171 Å². The summed E-state index contributed by atoms with van der Waals surface area (Å²) in [7, 11) is 0. The predicted molar refractivity (Wildman–Crippen MR) is 107 cm³/mol. The van der Waals surface area contributed by atoms with Gasteiger partial charge >= 0.3 is 6.03 Å². The van der Waals surface area contributed by atoms with E-state index in [1.807, 2.05) is 0 Å². The summed E-state index contributed by atoms with van der Waals surface area (Å²) < 4.78 is 11.7. The number of nitrogens with zero attached hydrogens (tertiary/aromatic N) is 1. The lowest BCUT2D eigenvalue weighted by molar-refractivity contribution is -0.122. The zero-order chi connectivity index (χ0) is 20.0. The Balaban J connectivity index is 1.39. The molecular formula is C22H29N3O4. The number of rotatable bonds is 3. The van der Waals surface area contributed by atoms with Gasteiger partial charge in [0, 0.05) is 24.0 Å². The van der Waals surface area contributed by atoms with Crippen molar-refractivity contribution in [2.75, 3.05) is 26.3 Å². The van der Waals surface area contributed by atoms with E-state index in [0.29, 0.717) is 13.2 Å². The number of hydrogen-bond donors (Lipinski definition) is 2. The molecule has 3 amide bonds. The molecular weight excluding hydrogens is 370 g/mol. The van der Waals surface area contributed by atoms with Crippen molar-refractivity contribution in [1.29, 1.82) is 0 Å². The van der Waals surface area contributed by atoms with Crippen LogP contribution >= 0.6 is 0 Å². The first-order chi connectivity index (χ1) is 14.0. The highest BCUT2D eigenvalue weighted by molar-refractivity contribution is 5.95. The number of imide groups is 1. The normalized spacial score (nSPS) is 24.8. The summed E-state index contributed by atoms with van der Waals surface area (Å²) in [4.78, 5) is 26.7. The topological polar surface area (TPSA) is 79.9 Å². The van der Waals surface area contributed by atoms with Crippen LogP contribution in [0.2, 0.25) is 0 Å². The molecule has 0 bridgehead atoms. The van der Waals surface area contributed by atoms with E-state index in [1.165, 1.54) is 24.0 Å². The van der Waals surface area contributed by atoms with Crippen molar-refractivity contribution >= 4 is 11.9 Å². The van der Waals surface area contributed by atoms with Gasteiger partial charge in [-0.05, 0) is 55.9 Å². The molecule has 2 saturated carbocycles. The van der Waals surface area contributed by atoms with Crippen LogP contribution in [0.5, 0.6) is 11.5 Å². The van der Waals surface area contributed by atoms with Crippen LogP contribution in [-0.4, -0.2) is 49.2 Å². The summed E-state index contributed by atoms with van der Waals surface area (Å²) in [5.41, 5.74) is 2.63.